The number of ether oxygens (including phenoxy) is 1. The van der Waals surface area contributed by atoms with Gasteiger partial charge in [-0.1, -0.05) is 17.3 Å². The van der Waals surface area contributed by atoms with E-state index in [2.05, 4.69) is 25.7 Å². The molecule has 0 saturated carbocycles. The van der Waals surface area contributed by atoms with E-state index in [0.717, 1.165) is 5.56 Å². The lowest BCUT2D eigenvalue weighted by Crippen LogP contribution is -2.36. The van der Waals surface area contributed by atoms with Crippen LogP contribution in [-0.4, -0.2) is 40.6 Å². The molecule has 2 aromatic rings. The number of nitriles is 1. The van der Waals surface area contributed by atoms with Gasteiger partial charge >= 0.3 is 12.0 Å². The van der Waals surface area contributed by atoms with Crippen LogP contribution in [0.2, 0.25) is 0 Å². The van der Waals surface area contributed by atoms with Crippen molar-refractivity contribution in [1.29, 1.82) is 5.26 Å². The fourth-order valence-electron chi connectivity index (χ4n) is 1.89. The summed E-state index contributed by atoms with van der Waals surface area (Å²) in [5, 5.41) is 21.6. The van der Waals surface area contributed by atoms with Crippen LogP contribution < -0.4 is 10.6 Å². The molecular weight excluding hydrogens is 312 g/mol. The maximum atomic E-state index is 11.7. The van der Waals surface area contributed by atoms with Crippen LogP contribution in [0.5, 0.6) is 0 Å². The van der Waals surface area contributed by atoms with Crippen LogP contribution in [0, 0.1) is 11.3 Å². The Bertz CT molecular complexity index is 765. The third-order valence-electron chi connectivity index (χ3n) is 3.07. The lowest BCUT2D eigenvalue weighted by atomic mass is 10.1. The molecule has 0 fully saturated rings. The van der Waals surface area contributed by atoms with E-state index in [0.29, 0.717) is 25.2 Å². The maximum Gasteiger partial charge on any atom is 0.360 e. The maximum absolute atomic E-state index is 11.7. The van der Waals surface area contributed by atoms with Gasteiger partial charge in [0.25, 0.3) is 0 Å². The Morgan fingerprint density at radius 3 is 2.96 bits per heavy atom. The third-order valence-corrected chi connectivity index (χ3v) is 3.07. The summed E-state index contributed by atoms with van der Waals surface area (Å²) in [6, 6.07) is 8.70. The highest BCUT2D eigenvalue weighted by Gasteiger charge is 2.10. The minimum atomic E-state index is -0.563. The smallest absolute Gasteiger partial charge is 0.360 e. The fraction of sp³-hybridized carbons (Fsp3) is 0.267. The first-order valence-electron chi connectivity index (χ1n) is 7.11. The number of urea groups is 1. The Morgan fingerprint density at radius 1 is 1.38 bits per heavy atom. The average molecular weight is 328 g/mol. The Hall–Kier alpha value is -3.41. The molecule has 1 aromatic heterocycles. The van der Waals surface area contributed by atoms with Gasteiger partial charge in [0, 0.05) is 13.1 Å². The van der Waals surface area contributed by atoms with Crippen molar-refractivity contribution in [2.24, 2.45) is 0 Å². The molecule has 9 heteroatoms. The van der Waals surface area contributed by atoms with E-state index in [-0.39, 0.29) is 11.7 Å². The van der Waals surface area contributed by atoms with Crippen LogP contribution >= 0.6 is 0 Å². The number of hydrogen-bond acceptors (Lipinski definition) is 6. The van der Waals surface area contributed by atoms with Crippen LogP contribution in [0.1, 0.15) is 21.6 Å². The predicted molar refractivity (Wildman–Crippen MR) is 82.8 cm³/mol. The molecule has 2 rings (SSSR count). The van der Waals surface area contributed by atoms with Gasteiger partial charge in [-0.2, -0.15) is 5.26 Å². The average Bonchev–Trinajstić information content (AvgIpc) is 3.08. The molecule has 0 bridgehead atoms. The summed E-state index contributed by atoms with van der Waals surface area (Å²) in [6.45, 7) is 0.993. The monoisotopic (exact) mass is 328 g/mol. The van der Waals surface area contributed by atoms with Gasteiger partial charge in [0.15, 0.2) is 5.69 Å². The number of nitrogens with one attached hydrogen (secondary N) is 2. The predicted octanol–water partition coefficient (Wildman–Crippen LogP) is 0.436. The number of esters is 1. The molecule has 9 nitrogen and oxygen atoms in total. The summed E-state index contributed by atoms with van der Waals surface area (Å²) >= 11 is 0. The number of amides is 2. The normalized spacial score (nSPS) is 9.83. The van der Waals surface area contributed by atoms with Gasteiger partial charge in [0.2, 0.25) is 0 Å². The Balaban J connectivity index is 1.72. The number of hydrogen-bond donors (Lipinski definition) is 2. The zero-order chi connectivity index (χ0) is 17.4. The Kier molecular flexibility index (Phi) is 5.85. The lowest BCUT2D eigenvalue weighted by Gasteiger charge is -2.07. The third kappa shape index (κ3) is 4.81. The topological polar surface area (TPSA) is 122 Å². The number of nitrogens with zero attached hydrogens (tertiary/aromatic N) is 4. The van der Waals surface area contributed by atoms with E-state index >= 15 is 0 Å². The van der Waals surface area contributed by atoms with Crippen molar-refractivity contribution in [3.05, 3.63) is 47.3 Å². The summed E-state index contributed by atoms with van der Waals surface area (Å²) < 4.78 is 5.96. The molecule has 0 aliphatic heterocycles. The molecular formula is C15H16N6O3. The Morgan fingerprint density at radius 2 is 2.21 bits per heavy atom. The van der Waals surface area contributed by atoms with Gasteiger partial charge < -0.3 is 15.4 Å². The van der Waals surface area contributed by atoms with Gasteiger partial charge in [0.05, 0.1) is 31.5 Å². The van der Waals surface area contributed by atoms with Crippen molar-refractivity contribution < 1.29 is 14.3 Å². The van der Waals surface area contributed by atoms with Crippen molar-refractivity contribution >= 4 is 12.0 Å². The second-order valence-electron chi connectivity index (χ2n) is 4.78. The number of benzene rings is 1. The highest BCUT2D eigenvalue weighted by molar-refractivity contribution is 5.86. The van der Waals surface area contributed by atoms with E-state index in [9.17, 15) is 9.59 Å². The highest BCUT2D eigenvalue weighted by Crippen LogP contribution is 2.03. The van der Waals surface area contributed by atoms with Crippen molar-refractivity contribution in [2.75, 3.05) is 13.7 Å². The first-order chi connectivity index (χ1) is 11.6. The number of methoxy groups -OCH3 is 1. The Labute approximate surface area is 138 Å². The second-order valence-corrected chi connectivity index (χ2v) is 4.78. The summed E-state index contributed by atoms with van der Waals surface area (Å²) in [4.78, 5) is 23.0. The summed E-state index contributed by atoms with van der Waals surface area (Å²) in [6.07, 6.45) is 1.44. The molecule has 0 atom stereocenters. The van der Waals surface area contributed by atoms with Gasteiger partial charge in [0.1, 0.15) is 0 Å². The van der Waals surface area contributed by atoms with E-state index in [1.165, 1.54) is 18.0 Å². The van der Waals surface area contributed by atoms with E-state index in [1.807, 2.05) is 12.1 Å². The molecule has 2 amide bonds. The largest absolute Gasteiger partial charge is 0.464 e. The quantitative estimate of drug-likeness (QED) is 0.742. The number of rotatable bonds is 6. The minimum absolute atomic E-state index is 0.110. The molecule has 0 radical (unpaired) electrons. The number of carbonyl (C=O) groups excluding carboxylic acids is 2. The fourth-order valence-corrected chi connectivity index (χ4v) is 1.89. The molecule has 0 aliphatic carbocycles. The molecule has 124 valence electrons. The molecule has 1 heterocycles. The van der Waals surface area contributed by atoms with E-state index in [1.54, 1.807) is 18.2 Å². The molecule has 2 N–H and O–H groups in total. The summed E-state index contributed by atoms with van der Waals surface area (Å²) in [5.74, 6) is -0.563. The minimum Gasteiger partial charge on any atom is -0.464 e. The zero-order valence-corrected chi connectivity index (χ0v) is 13.0. The molecule has 0 aliphatic rings. The molecule has 0 spiro atoms. The lowest BCUT2D eigenvalue weighted by molar-refractivity contribution is 0.0594. The number of aromatic nitrogens is 3. The van der Waals surface area contributed by atoms with E-state index < -0.39 is 5.97 Å². The van der Waals surface area contributed by atoms with Gasteiger partial charge in [-0.15, -0.1) is 5.10 Å². The van der Waals surface area contributed by atoms with Crippen molar-refractivity contribution in [3.63, 3.8) is 0 Å². The second kappa shape index (κ2) is 8.28. The van der Waals surface area contributed by atoms with Crippen LogP contribution in [-0.2, 0) is 17.8 Å². The van der Waals surface area contributed by atoms with Crippen LogP contribution in [0.3, 0.4) is 0 Å². The molecule has 24 heavy (non-hydrogen) atoms. The van der Waals surface area contributed by atoms with Gasteiger partial charge in [-0.25, -0.2) is 14.3 Å². The van der Waals surface area contributed by atoms with Crippen molar-refractivity contribution in [2.45, 2.75) is 13.1 Å². The van der Waals surface area contributed by atoms with Gasteiger partial charge in [-0.3, -0.25) is 0 Å². The van der Waals surface area contributed by atoms with Crippen molar-refractivity contribution in [3.8, 4) is 6.07 Å². The first kappa shape index (κ1) is 17.0. The van der Waals surface area contributed by atoms with Crippen LogP contribution in [0.15, 0.2) is 30.5 Å². The standard InChI is InChI=1S/C15H16N6O3/c1-24-14(22)13-10-21(20-19-13)6-5-17-15(23)18-9-12-4-2-3-11(7-12)8-16/h2-4,7,10H,5-6,9H2,1H3,(H2,17,18,23). The van der Waals surface area contributed by atoms with Crippen LogP contribution in [0.4, 0.5) is 4.79 Å². The van der Waals surface area contributed by atoms with E-state index in [4.69, 9.17) is 5.26 Å². The molecule has 0 unspecified atom stereocenters. The highest BCUT2D eigenvalue weighted by atomic mass is 16.5. The SMILES string of the molecule is COC(=O)c1cn(CCNC(=O)NCc2cccc(C#N)c2)nn1. The molecule has 1 aromatic carbocycles. The first-order valence-corrected chi connectivity index (χ1v) is 7.11. The summed E-state index contributed by atoms with van der Waals surface area (Å²) in [7, 11) is 1.26. The molecule has 0 saturated heterocycles. The zero-order valence-electron chi connectivity index (χ0n) is 13.0. The van der Waals surface area contributed by atoms with Crippen molar-refractivity contribution in [1.82, 2.24) is 25.6 Å². The van der Waals surface area contributed by atoms with Crippen LogP contribution in [0.25, 0.3) is 0 Å². The van der Waals surface area contributed by atoms with Gasteiger partial charge in [-0.05, 0) is 17.7 Å². The summed E-state index contributed by atoms with van der Waals surface area (Å²) in [5.41, 5.74) is 1.49. The number of carbonyl (C=O) groups is 2.